The van der Waals surface area contributed by atoms with E-state index in [2.05, 4.69) is 35.8 Å². The summed E-state index contributed by atoms with van der Waals surface area (Å²) in [5, 5.41) is 7.17. The first-order chi connectivity index (χ1) is 8.77. The van der Waals surface area contributed by atoms with Gasteiger partial charge in [0.05, 0.1) is 0 Å². The Kier molecular flexibility index (Phi) is 3.29. The zero-order valence-corrected chi connectivity index (χ0v) is 11.4. The highest BCUT2D eigenvalue weighted by molar-refractivity contribution is 5.56. The van der Waals surface area contributed by atoms with Crippen molar-refractivity contribution in [3.05, 3.63) is 29.3 Å². The normalized spacial score (nSPS) is 20.7. The molecule has 3 rings (SSSR count). The Labute approximate surface area is 110 Å². The van der Waals surface area contributed by atoms with E-state index in [-0.39, 0.29) is 0 Å². The van der Waals surface area contributed by atoms with E-state index in [0.717, 1.165) is 13.1 Å². The summed E-state index contributed by atoms with van der Waals surface area (Å²) in [5.41, 5.74) is 4.96. The van der Waals surface area contributed by atoms with Crippen molar-refractivity contribution >= 4 is 5.69 Å². The molecule has 1 heterocycles. The van der Waals surface area contributed by atoms with Crippen molar-refractivity contribution in [2.24, 2.45) is 5.41 Å². The molecule has 18 heavy (non-hydrogen) atoms. The predicted molar refractivity (Wildman–Crippen MR) is 76.9 cm³/mol. The lowest BCUT2D eigenvalue weighted by molar-refractivity contribution is 0.156. The molecular formula is C16H24N2. The molecule has 2 aliphatic rings. The van der Waals surface area contributed by atoms with E-state index < -0.39 is 0 Å². The van der Waals surface area contributed by atoms with Crippen LogP contribution in [0, 0.1) is 5.41 Å². The number of nitrogens with one attached hydrogen (secondary N) is 2. The molecule has 0 amide bonds. The Hall–Kier alpha value is -1.02. The van der Waals surface area contributed by atoms with Gasteiger partial charge in [-0.05, 0) is 48.3 Å². The van der Waals surface area contributed by atoms with Crippen LogP contribution in [-0.4, -0.2) is 13.1 Å². The minimum absolute atomic E-state index is 0.576. The van der Waals surface area contributed by atoms with E-state index in [1.807, 2.05) is 0 Å². The molecule has 1 aliphatic heterocycles. The van der Waals surface area contributed by atoms with E-state index in [0.29, 0.717) is 5.41 Å². The summed E-state index contributed by atoms with van der Waals surface area (Å²) >= 11 is 0. The summed E-state index contributed by atoms with van der Waals surface area (Å²) in [4.78, 5) is 0. The van der Waals surface area contributed by atoms with Crippen LogP contribution in [0.1, 0.15) is 43.7 Å². The molecule has 2 N–H and O–H groups in total. The fraction of sp³-hybridized carbons (Fsp3) is 0.625. The number of hydrogen-bond donors (Lipinski definition) is 2. The molecule has 1 aromatic rings. The topological polar surface area (TPSA) is 24.1 Å². The van der Waals surface area contributed by atoms with Crippen molar-refractivity contribution in [3.63, 3.8) is 0 Å². The lowest BCUT2D eigenvalue weighted by atomic mass is 9.70. The maximum absolute atomic E-state index is 3.67. The standard InChI is InChI=1S/C16H24N2/c1-16(8-4-9-16)12-17-11-13-5-2-7-15-14(13)6-3-10-18-15/h2,5,7,17-18H,3-4,6,8-12H2,1H3. The number of anilines is 1. The summed E-state index contributed by atoms with van der Waals surface area (Å²) in [6, 6.07) is 6.67. The Morgan fingerprint density at radius 2 is 2.17 bits per heavy atom. The molecule has 0 bridgehead atoms. The van der Waals surface area contributed by atoms with Gasteiger partial charge in [0.1, 0.15) is 0 Å². The fourth-order valence-electron chi connectivity index (χ4n) is 3.21. The minimum atomic E-state index is 0.576. The Balaban J connectivity index is 1.62. The summed E-state index contributed by atoms with van der Waals surface area (Å²) < 4.78 is 0. The van der Waals surface area contributed by atoms with Gasteiger partial charge in [-0.1, -0.05) is 25.5 Å². The van der Waals surface area contributed by atoms with Gasteiger partial charge < -0.3 is 10.6 Å². The maximum Gasteiger partial charge on any atom is 0.0375 e. The first kappa shape index (κ1) is 12.0. The number of benzene rings is 1. The summed E-state index contributed by atoms with van der Waals surface area (Å²) in [7, 11) is 0. The highest BCUT2D eigenvalue weighted by Crippen LogP contribution is 2.39. The molecule has 2 heteroatoms. The van der Waals surface area contributed by atoms with E-state index in [9.17, 15) is 0 Å². The van der Waals surface area contributed by atoms with Gasteiger partial charge in [-0.2, -0.15) is 0 Å². The molecule has 0 aromatic heterocycles. The first-order valence-electron chi connectivity index (χ1n) is 7.32. The van der Waals surface area contributed by atoms with Crippen molar-refractivity contribution in [2.45, 2.75) is 45.6 Å². The van der Waals surface area contributed by atoms with E-state index >= 15 is 0 Å². The Morgan fingerprint density at radius 1 is 1.28 bits per heavy atom. The average Bonchev–Trinajstić information content (AvgIpc) is 2.37. The second kappa shape index (κ2) is 4.93. The zero-order valence-electron chi connectivity index (χ0n) is 11.4. The van der Waals surface area contributed by atoms with Crippen molar-refractivity contribution in [3.8, 4) is 0 Å². The van der Waals surface area contributed by atoms with Gasteiger partial charge in [0.2, 0.25) is 0 Å². The predicted octanol–water partition coefficient (Wildman–Crippen LogP) is 3.32. The number of fused-ring (bicyclic) bond motifs is 1. The second-order valence-corrected chi connectivity index (χ2v) is 6.24. The van der Waals surface area contributed by atoms with Crippen LogP contribution in [0.4, 0.5) is 5.69 Å². The smallest absolute Gasteiger partial charge is 0.0375 e. The molecule has 2 nitrogen and oxygen atoms in total. The maximum atomic E-state index is 3.67. The van der Waals surface area contributed by atoms with Crippen LogP contribution in [-0.2, 0) is 13.0 Å². The molecule has 0 atom stereocenters. The van der Waals surface area contributed by atoms with Crippen LogP contribution < -0.4 is 10.6 Å². The van der Waals surface area contributed by atoms with Crippen LogP contribution in [0.25, 0.3) is 0 Å². The average molecular weight is 244 g/mol. The second-order valence-electron chi connectivity index (χ2n) is 6.24. The van der Waals surface area contributed by atoms with Gasteiger partial charge in [0.25, 0.3) is 0 Å². The van der Waals surface area contributed by atoms with Crippen LogP contribution in [0.3, 0.4) is 0 Å². The third-order valence-electron chi connectivity index (χ3n) is 4.62. The molecule has 1 aromatic carbocycles. The lowest BCUT2D eigenvalue weighted by Gasteiger charge is -2.38. The van der Waals surface area contributed by atoms with Gasteiger partial charge in [-0.25, -0.2) is 0 Å². The van der Waals surface area contributed by atoms with Gasteiger partial charge in [0, 0.05) is 25.3 Å². The molecule has 1 aliphatic carbocycles. The lowest BCUT2D eigenvalue weighted by Crippen LogP contribution is -2.37. The largest absolute Gasteiger partial charge is 0.385 e. The van der Waals surface area contributed by atoms with Crippen LogP contribution in [0.5, 0.6) is 0 Å². The van der Waals surface area contributed by atoms with Crippen LogP contribution in [0.15, 0.2) is 18.2 Å². The summed E-state index contributed by atoms with van der Waals surface area (Å²) in [6.45, 7) is 5.73. The van der Waals surface area contributed by atoms with E-state index in [4.69, 9.17) is 0 Å². The van der Waals surface area contributed by atoms with Gasteiger partial charge in [-0.3, -0.25) is 0 Å². The van der Waals surface area contributed by atoms with Crippen LogP contribution >= 0.6 is 0 Å². The van der Waals surface area contributed by atoms with Gasteiger partial charge in [-0.15, -0.1) is 0 Å². The quantitative estimate of drug-likeness (QED) is 0.849. The third kappa shape index (κ3) is 2.39. The highest BCUT2D eigenvalue weighted by atomic mass is 14.9. The fourth-order valence-corrected chi connectivity index (χ4v) is 3.21. The van der Waals surface area contributed by atoms with Crippen LogP contribution in [0.2, 0.25) is 0 Å². The minimum Gasteiger partial charge on any atom is -0.385 e. The zero-order chi connectivity index (χ0) is 12.4. The van der Waals surface area contributed by atoms with Crippen molar-refractivity contribution in [2.75, 3.05) is 18.4 Å². The van der Waals surface area contributed by atoms with Gasteiger partial charge in [0.15, 0.2) is 0 Å². The Morgan fingerprint density at radius 3 is 2.94 bits per heavy atom. The molecule has 0 radical (unpaired) electrons. The van der Waals surface area contributed by atoms with Gasteiger partial charge >= 0.3 is 0 Å². The van der Waals surface area contributed by atoms with E-state index in [1.165, 1.54) is 55.5 Å². The first-order valence-corrected chi connectivity index (χ1v) is 7.32. The Bertz CT molecular complexity index is 421. The SMILES string of the molecule is CC1(CNCc2cccc3c2CCCN3)CCC1. The molecular weight excluding hydrogens is 220 g/mol. The summed E-state index contributed by atoms with van der Waals surface area (Å²) in [6.07, 6.45) is 6.71. The monoisotopic (exact) mass is 244 g/mol. The molecule has 0 unspecified atom stereocenters. The molecule has 98 valence electrons. The number of rotatable bonds is 4. The molecule has 1 fully saturated rings. The third-order valence-corrected chi connectivity index (χ3v) is 4.62. The highest BCUT2D eigenvalue weighted by Gasteiger charge is 2.30. The van der Waals surface area contributed by atoms with Crippen molar-refractivity contribution in [1.29, 1.82) is 0 Å². The van der Waals surface area contributed by atoms with Crippen molar-refractivity contribution < 1.29 is 0 Å². The van der Waals surface area contributed by atoms with Crippen molar-refractivity contribution in [1.82, 2.24) is 5.32 Å². The number of hydrogen-bond acceptors (Lipinski definition) is 2. The molecule has 0 spiro atoms. The van der Waals surface area contributed by atoms with E-state index in [1.54, 1.807) is 0 Å². The summed E-state index contributed by atoms with van der Waals surface area (Å²) in [5.74, 6) is 0. The molecule has 0 saturated heterocycles. The molecule has 1 saturated carbocycles.